The third-order valence-corrected chi connectivity index (χ3v) is 5.27. The summed E-state index contributed by atoms with van der Waals surface area (Å²) < 4.78 is 28.7. The molecule has 0 aliphatic heterocycles. The number of aryl methyl sites for hydroxylation is 1. The van der Waals surface area contributed by atoms with Crippen LogP contribution in [-0.2, 0) is 16.6 Å². The van der Waals surface area contributed by atoms with Gasteiger partial charge in [-0.1, -0.05) is 15.9 Å². The van der Waals surface area contributed by atoms with Gasteiger partial charge in [0.25, 0.3) is 10.0 Å². The molecule has 0 saturated heterocycles. The summed E-state index contributed by atoms with van der Waals surface area (Å²) in [7, 11) is -3.83. The summed E-state index contributed by atoms with van der Waals surface area (Å²) in [6.45, 7) is 1.12. The van der Waals surface area contributed by atoms with Gasteiger partial charge in [0, 0.05) is 8.95 Å². The fourth-order valence-corrected chi connectivity index (χ4v) is 4.42. The molecular weight excluding hydrogens is 414 g/mol. The van der Waals surface area contributed by atoms with Crippen LogP contribution in [0.1, 0.15) is 11.4 Å². The first-order valence-corrected chi connectivity index (χ1v) is 8.54. The van der Waals surface area contributed by atoms with E-state index in [1.807, 2.05) is 0 Å². The van der Waals surface area contributed by atoms with Gasteiger partial charge in [0.05, 0.1) is 18.0 Å². The molecular formula is C11H11Br2N3O3S. The number of hydrogen-bond donors (Lipinski definition) is 3. The number of halogens is 2. The largest absolute Gasteiger partial charge is 0.390 e. The van der Waals surface area contributed by atoms with Crippen molar-refractivity contribution in [2.24, 2.45) is 0 Å². The van der Waals surface area contributed by atoms with E-state index in [0.29, 0.717) is 15.9 Å². The molecule has 9 heteroatoms. The Hall–Kier alpha value is -0.900. The SMILES string of the molecule is Cc1[nH]nc(CO)c1S(=O)(=O)Nc1ccc(Br)cc1Br. The van der Waals surface area contributed by atoms with Gasteiger partial charge in [-0.2, -0.15) is 5.10 Å². The average molecular weight is 425 g/mol. The molecule has 1 aromatic carbocycles. The van der Waals surface area contributed by atoms with E-state index in [0.717, 1.165) is 4.47 Å². The number of nitrogens with one attached hydrogen (secondary N) is 2. The van der Waals surface area contributed by atoms with Gasteiger partial charge in [-0.3, -0.25) is 9.82 Å². The molecule has 0 fully saturated rings. The molecule has 20 heavy (non-hydrogen) atoms. The van der Waals surface area contributed by atoms with Crippen LogP contribution in [0.2, 0.25) is 0 Å². The third-order valence-electron chi connectivity index (χ3n) is 2.56. The maximum atomic E-state index is 12.4. The van der Waals surface area contributed by atoms with Crippen LogP contribution in [0.4, 0.5) is 5.69 Å². The molecule has 0 radical (unpaired) electrons. The van der Waals surface area contributed by atoms with E-state index in [1.165, 1.54) is 0 Å². The highest BCUT2D eigenvalue weighted by Gasteiger charge is 2.24. The molecule has 1 heterocycles. The number of aromatic amines is 1. The highest BCUT2D eigenvalue weighted by atomic mass is 79.9. The maximum Gasteiger partial charge on any atom is 0.265 e. The quantitative estimate of drug-likeness (QED) is 0.702. The van der Waals surface area contributed by atoms with E-state index < -0.39 is 16.6 Å². The van der Waals surface area contributed by atoms with Crippen molar-refractivity contribution in [3.63, 3.8) is 0 Å². The van der Waals surface area contributed by atoms with Crippen LogP contribution in [-0.4, -0.2) is 23.7 Å². The van der Waals surface area contributed by atoms with Gasteiger partial charge in [-0.05, 0) is 41.1 Å². The van der Waals surface area contributed by atoms with Gasteiger partial charge >= 0.3 is 0 Å². The van der Waals surface area contributed by atoms with Crippen molar-refractivity contribution in [1.29, 1.82) is 0 Å². The van der Waals surface area contributed by atoms with Gasteiger partial charge in [0.2, 0.25) is 0 Å². The minimum atomic E-state index is -3.83. The van der Waals surface area contributed by atoms with Crippen molar-refractivity contribution < 1.29 is 13.5 Å². The maximum absolute atomic E-state index is 12.4. The summed E-state index contributed by atoms with van der Waals surface area (Å²) in [5.74, 6) is 0. The van der Waals surface area contributed by atoms with E-state index in [2.05, 4.69) is 46.8 Å². The van der Waals surface area contributed by atoms with Crippen LogP contribution >= 0.6 is 31.9 Å². The number of anilines is 1. The lowest BCUT2D eigenvalue weighted by Gasteiger charge is -2.10. The Morgan fingerprint density at radius 1 is 1.40 bits per heavy atom. The van der Waals surface area contributed by atoms with E-state index in [9.17, 15) is 8.42 Å². The van der Waals surface area contributed by atoms with Crippen LogP contribution in [0.25, 0.3) is 0 Å². The predicted molar refractivity (Wildman–Crippen MR) is 81.9 cm³/mol. The van der Waals surface area contributed by atoms with E-state index in [-0.39, 0.29) is 10.6 Å². The number of benzene rings is 1. The lowest BCUT2D eigenvalue weighted by atomic mass is 10.3. The van der Waals surface area contributed by atoms with Crippen molar-refractivity contribution in [2.45, 2.75) is 18.4 Å². The Morgan fingerprint density at radius 3 is 2.70 bits per heavy atom. The lowest BCUT2D eigenvalue weighted by molar-refractivity contribution is 0.273. The molecule has 1 aromatic heterocycles. The number of hydrogen-bond acceptors (Lipinski definition) is 4. The van der Waals surface area contributed by atoms with Gasteiger partial charge in [0.15, 0.2) is 0 Å². The average Bonchev–Trinajstić information content (AvgIpc) is 2.75. The summed E-state index contributed by atoms with van der Waals surface area (Å²) in [5.41, 5.74) is 0.857. The topological polar surface area (TPSA) is 95.1 Å². The molecule has 0 atom stereocenters. The highest BCUT2D eigenvalue weighted by Crippen LogP contribution is 2.29. The molecule has 2 rings (SSSR count). The smallest absolute Gasteiger partial charge is 0.265 e. The monoisotopic (exact) mass is 423 g/mol. The third kappa shape index (κ3) is 3.05. The number of aromatic nitrogens is 2. The number of H-pyrrole nitrogens is 1. The molecule has 0 aliphatic carbocycles. The zero-order valence-electron chi connectivity index (χ0n) is 10.3. The van der Waals surface area contributed by atoms with Crippen LogP contribution in [0.5, 0.6) is 0 Å². The fourth-order valence-electron chi connectivity index (χ4n) is 1.70. The number of rotatable bonds is 4. The second-order valence-corrected chi connectivity index (χ2v) is 7.40. The van der Waals surface area contributed by atoms with Gasteiger partial charge in [-0.15, -0.1) is 0 Å². The second kappa shape index (κ2) is 5.84. The van der Waals surface area contributed by atoms with Crippen LogP contribution in [0, 0.1) is 6.92 Å². The van der Waals surface area contributed by atoms with E-state index >= 15 is 0 Å². The first-order chi connectivity index (χ1) is 9.35. The Bertz CT molecular complexity index is 743. The van der Waals surface area contributed by atoms with Crippen LogP contribution < -0.4 is 4.72 Å². The molecule has 3 N–H and O–H groups in total. The molecule has 0 amide bonds. The van der Waals surface area contributed by atoms with Gasteiger partial charge in [0.1, 0.15) is 10.6 Å². The minimum absolute atomic E-state index is 0.0326. The number of nitrogens with zero attached hydrogens (tertiary/aromatic N) is 1. The van der Waals surface area contributed by atoms with E-state index in [4.69, 9.17) is 5.11 Å². The first-order valence-electron chi connectivity index (χ1n) is 5.47. The first kappa shape index (κ1) is 15.5. The normalized spacial score (nSPS) is 11.6. The Morgan fingerprint density at radius 2 is 2.10 bits per heavy atom. The van der Waals surface area contributed by atoms with Crippen LogP contribution in [0.15, 0.2) is 32.0 Å². The molecule has 0 aliphatic rings. The Balaban J connectivity index is 2.43. The van der Waals surface area contributed by atoms with Crippen molar-refractivity contribution in [3.05, 3.63) is 38.5 Å². The highest BCUT2D eigenvalue weighted by molar-refractivity contribution is 9.11. The van der Waals surface area contributed by atoms with Crippen molar-refractivity contribution in [1.82, 2.24) is 10.2 Å². The summed E-state index contributed by atoms with van der Waals surface area (Å²) in [4.78, 5) is -0.0326. The zero-order chi connectivity index (χ0) is 14.9. The molecule has 0 saturated carbocycles. The Kier molecular flexibility index (Phi) is 4.52. The number of sulfonamides is 1. The molecule has 6 nitrogen and oxygen atoms in total. The Labute approximate surface area is 132 Å². The zero-order valence-corrected chi connectivity index (χ0v) is 14.3. The summed E-state index contributed by atoms with van der Waals surface area (Å²) in [5, 5.41) is 15.5. The van der Waals surface area contributed by atoms with Gasteiger partial charge < -0.3 is 5.11 Å². The number of aliphatic hydroxyl groups is 1. The van der Waals surface area contributed by atoms with Crippen molar-refractivity contribution >= 4 is 47.6 Å². The standard InChI is InChI=1S/C11H11Br2N3O3S/c1-6-11(10(5-17)15-14-6)20(18,19)16-9-3-2-7(12)4-8(9)13/h2-4,16-17H,5H2,1H3,(H,14,15). The molecule has 0 unspecified atom stereocenters. The van der Waals surface area contributed by atoms with Crippen LogP contribution in [0.3, 0.4) is 0 Å². The van der Waals surface area contributed by atoms with Crippen molar-refractivity contribution in [2.75, 3.05) is 4.72 Å². The number of aliphatic hydroxyl groups excluding tert-OH is 1. The van der Waals surface area contributed by atoms with Gasteiger partial charge in [-0.25, -0.2) is 8.42 Å². The molecule has 2 aromatic rings. The molecule has 0 spiro atoms. The second-order valence-electron chi connectivity index (χ2n) is 4.01. The molecule has 108 valence electrons. The fraction of sp³-hybridized carbons (Fsp3) is 0.182. The minimum Gasteiger partial charge on any atom is -0.390 e. The summed E-state index contributed by atoms with van der Waals surface area (Å²) in [6.07, 6.45) is 0. The summed E-state index contributed by atoms with van der Waals surface area (Å²) in [6, 6.07) is 5.07. The predicted octanol–water partition coefficient (Wildman–Crippen LogP) is 2.54. The van der Waals surface area contributed by atoms with E-state index in [1.54, 1.807) is 25.1 Å². The molecule has 0 bridgehead atoms. The summed E-state index contributed by atoms with van der Waals surface area (Å²) >= 11 is 6.58. The lowest BCUT2D eigenvalue weighted by Crippen LogP contribution is -2.15. The van der Waals surface area contributed by atoms with Crippen molar-refractivity contribution in [3.8, 4) is 0 Å².